The van der Waals surface area contributed by atoms with Crippen molar-refractivity contribution in [2.24, 2.45) is 0 Å². The Hall–Kier alpha value is -3.40. The molecule has 1 aliphatic heterocycles. The predicted molar refractivity (Wildman–Crippen MR) is 88.9 cm³/mol. The Balaban J connectivity index is 1.70. The van der Waals surface area contributed by atoms with E-state index in [0.717, 1.165) is 41.2 Å². The zero-order valence-corrected chi connectivity index (χ0v) is 13.0. The number of aryl methyl sites for hydroxylation is 1. The molecular formula is C17H14N6O. The van der Waals surface area contributed by atoms with E-state index >= 15 is 0 Å². The van der Waals surface area contributed by atoms with Crippen LogP contribution in [0.25, 0.3) is 11.3 Å². The van der Waals surface area contributed by atoms with Crippen molar-refractivity contribution in [1.29, 1.82) is 5.26 Å². The molecule has 2 N–H and O–H groups in total. The van der Waals surface area contributed by atoms with E-state index in [1.165, 1.54) is 0 Å². The molecule has 24 heavy (non-hydrogen) atoms. The van der Waals surface area contributed by atoms with Gasteiger partial charge in [0.15, 0.2) is 0 Å². The molecule has 0 unspecified atom stereocenters. The van der Waals surface area contributed by atoms with Crippen molar-refractivity contribution in [1.82, 2.24) is 15.0 Å². The first kappa shape index (κ1) is 14.2. The number of benzene rings is 1. The van der Waals surface area contributed by atoms with Crippen LogP contribution in [0.3, 0.4) is 0 Å². The standard InChI is InChI=1S/C17H14N6O/c1-10-9-24-17(21-10)23-16-20-5-3-14(22-16)12-6-11-2-4-19-15(11)13(7-12)8-18/h3,5-7,9,19H,2,4H2,1H3,(H,20,21,22,23). The van der Waals surface area contributed by atoms with Gasteiger partial charge in [-0.3, -0.25) is 5.32 Å². The summed E-state index contributed by atoms with van der Waals surface area (Å²) in [5.74, 6) is 0.395. The number of oxazole rings is 1. The number of rotatable bonds is 3. The van der Waals surface area contributed by atoms with Gasteiger partial charge >= 0.3 is 6.01 Å². The molecule has 0 fully saturated rings. The summed E-state index contributed by atoms with van der Waals surface area (Å²) in [5.41, 5.74) is 5.12. The molecule has 0 radical (unpaired) electrons. The Morgan fingerprint density at radius 2 is 2.25 bits per heavy atom. The van der Waals surface area contributed by atoms with Gasteiger partial charge in [-0.15, -0.1) is 0 Å². The molecule has 7 heteroatoms. The normalized spacial score (nSPS) is 12.3. The van der Waals surface area contributed by atoms with Crippen molar-refractivity contribution in [2.75, 3.05) is 17.2 Å². The van der Waals surface area contributed by atoms with Crippen molar-refractivity contribution in [3.05, 3.63) is 47.5 Å². The van der Waals surface area contributed by atoms with E-state index in [1.54, 1.807) is 12.5 Å². The zero-order chi connectivity index (χ0) is 16.5. The summed E-state index contributed by atoms with van der Waals surface area (Å²) in [7, 11) is 0. The van der Waals surface area contributed by atoms with Crippen molar-refractivity contribution < 1.29 is 4.42 Å². The molecule has 0 atom stereocenters. The van der Waals surface area contributed by atoms with Gasteiger partial charge in [0.2, 0.25) is 5.95 Å². The smallest absolute Gasteiger partial charge is 0.301 e. The van der Waals surface area contributed by atoms with Crippen LogP contribution >= 0.6 is 0 Å². The summed E-state index contributed by atoms with van der Waals surface area (Å²) < 4.78 is 5.26. The number of fused-ring (bicyclic) bond motifs is 1. The molecule has 0 aliphatic carbocycles. The fourth-order valence-electron chi connectivity index (χ4n) is 2.75. The molecule has 0 amide bonds. The summed E-state index contributed by atoms with van der Waals surface area (Å²) in [4.78, 5) is 12.9. The quantitative estimate of drug-likeness (QED) is 0.765. The van der Waals surface area contributed by atoms with Crippen LogP contribution in [0.15, 0.2) is 35.1 Å². The summed E-state index contributed by atoms with van der Waals surface area (Å²) in [6, 6.07) is 8.33. The summed E-state index contributed by atoms with van der Waals surface area (Å²) in [6.07, 6.45) is 4.13. The third-order valence-corrected chi connectivity index (χ3v) is 3.83. The highest BCUT2D eigenvalue weighted by Crippen LogP contribution is 2.31. The average Bonchev–Trinajstić information content (AvgIpc) is 3.23. The lowest BCUT2D eigenvalue weighted by Gasteiger charge is -2.08. The van der Waals surface area contributed by atoms with E-state index in [1.807, 2.05) is 19.1 Å². The third-order valence-electron chi connectivity index (χ3n) is 3.83. The lowest BCUT2D eigenvalue weighted by atomic mass is 10.0. The highest BCUT2D eigenvalue weighted by atomic mass is 16.4. The number of anilines is 3. The first-order valence-electron chi connectivity index (χ1n) is 7.56. The molecule has 0 saturated heterocycles. The molecule has 0 bridgehead atoms. The Bertz CT molecular complexity index is 956. The zero-order valence-electron chi connectivity index (χ0n) is 13.0. The second-order valence-corrected chi connectivity index (χ2v) is 5.53. The van der Waals surface area contributed by atoms with Gasteiger partial charge in [0, 0.05) is 18.3 Å². The highest BCUT2D eigenvalue weighted by molar-refractivity contribution is 5.74. The fraction of sp³-hybridized carbons (Fsp3) is 0.176. The lowest BCUT2D eigenvalue weighted by molar-refractivity contribution is 0.575. The molecule has 0 spiro atoms. The maximum Gasteiger partial charge on any atom is 0.301 e. The molecule has 3 heterocycles. The molecule has 7 nitrogen and oxygen atoms in total. The number of nitrogens with zero attached hydrogens (tertiary/aromatic N) is 4. The van der Waals surface area contributed by atoms with E-state index in [2.05, 4.69) is 37.7 Å². The Morgan fingerprint density at radius 1 is 1.33 bits per heavy atom. The van der Waals surface area contributed by atoms with Crippen LogP contribution in [0.1, 0.15) is 16.8 Å². The highest BCUT2D eigenvalue weighted by Gasteiger charge is 2.17. The number of nitrogens with one attached hydrogen (secondary N) is 2. The fourth-order valence-corrected chi connectivity index (χ4v) is 2.75. The molecule has 3 aromatic rings. The van der Waals surface area contributed by atoms with Crippen LogP contribution in [0.5, 0.6) is 0 Å². The number of hydrogen-bond donors (Lipinski definition) is 2. The summed E-state index contributed by atoms with van der Waals surface area (Å²) >= 11 is 0. The van der Waals surface area contributed by atoms with Crippen LogP contribution in [0.2, 0.25) is 0 Å². The minimum Gasteiger partial charge on any atom is -0.432 e. The SMILES string of the molecule is Cc1coc(Nc2nccc(-c3cc(C#N)c4c(c3)CCN4)n2)n1. The molecule has 2 aromatic heterocycles. The van der Waals surface area contributed by atoms with Crippen LogP contribution in [0, 0.1) is 18.3 Å². The van der Waals surface area contributed by atoms with Crippen molar-refractivity contribution in [2.45, 2.75) is 13.3 Å². The largest absolute Gasteiger partial charge is 0.432 e. The molecule has 1 aliphatic rings. The molecule has 0 saturated carbocycles. The van der Waals surface area contributed by atoms with E-state index in [4.69, 9.17) is 4.42 Å². The van der Waals surface area contributed by atoms with Gasteiger partial charge in [-0.1, -0.05) is 0 Å². The maximum absolute atomic E-state index is 9.37. The van der Waals surface area contributed by atoms with Crippen molar-refractivity contribution in [3.8, 4) is 17.3 Å². The van der Waals surface area contributed by atoms with Crippen LogP contribution in [-0.2, 0) is 6.42 Å². The maximum atomic E-state index is 9.37. The van der Waals surface area contributed by atoms with Gasteiger partial charge in [0.05, 0.1) is 22.6 Å². The monoisotopic (exact) mass is 318 g/mol. The average molecular weight is 318 g/mol. The van der Waals surface area contributed by atoms with E-state index in [0.29, 0.717) is 17.5 Å². The molecule has 1 aromatic carbocycles. The number of aromatic nitrogens is 3. The van der Waals surface area contributed by atoms with E-state index < -0.39 is 0 Å². The minimum atomic E-state index is 0.348. The second-order valence-electron chi connectivity index (χ2n) is 5.53. The van der Waals surface area contributed by atoms with Crippen molar-refractivity contribution in [3.63, 3.8) is 0 Å². The Kier molecular flexibility index (Phi) is 3.35. The Morgan fingerprint density at radius 3 is 3.04 bits per heavy atom. The van der Waals surface area contributed by atoms with Gasteiger partial charge in [0.1, 0.15) is 12.3 Å². The first-order valence-corrected chi connectivity index (χ1v) is 7.56. The van der Waals surface area contributed by atoms with Crippen LogP contribution in [0.4, 0.5) is 17.7 Å². The van der Waals surface area contributed by atoms with Crippen LogP contribution in [-0.4, -0.2) is 21.5 Å². The third kappa shape index (κ3) is 2.54. The summed E-state index contributed by atoms with van der Waals surface area (Å²) in [5, 5.41) is 15.6. The van der Waals surface area contributed by atoms with E-state index in [-0.39, 0.29) is 0 Å². The molecule has 118 valence electrons. The number of nitriles is 1. The minimum absolute atomic E-state index is 0.348. The molecule has 4 rings (SSSR count). The number of hydrogen-bond acceptors (Lipinski definition) is 7. The van der Waals surface area contributed by atoms with Gasteiger partial charge in [-0.2, -0.15) is 10.2 Å². The van der Waals surface area contributed by atoms with Gasteiger partial charge in [0.25, 0.3) is 0 Å². The van der Waals surface area contributed by atoms with Gasteiger partial charge < -0.3 is 9.73 Å². The van der Waals surface area contributed by atoms with E-state index in [9.17, 15) is 5.26 Å². The second kappa shape index (κ2) is 5.66. The topological polar surface area (TPSA) is 99.7 Å². The van der Waals surface area contributed by atoms with Crippen LogP contribution < -0.4 is 10.6 Å². The Labute approximate surface area is 138 Å². The molecular weight excluding hydrogens is 304 g/mol. The lowest BCUT2D eigenvalue weighted by Crippen LogP contribution is -1.99. The van der Waals surface area contributed by atoms with Crippen molar-refractivity contribution >= 4 is 17.7 Å². The summed E-state index contributed by atoms with van der Waals surface area (Å²) in [6.45, 7) is 2.70. The predicted octanol–water partition coefficient (Wildman–Crippen LogP) is 3.02. The van der Waals surface area contributed by atoms with Gasteiger partial charge in [-0.25, -0.2) is 9.97 Å². The van der Waals surface area contributed by atoms with Gasteiger partial charge in [-0.05, 0) is 37.1 Å². The first-order chi connectivity index (χ1) is 11.7.